The number of carboxylic acids is 1. The summed E-state index contributed by atoms with van der Waals surface area (Å²) in [5.74, 6) is -2.00. The Hall–Kier alpha value is -3.61. The third-order valence-corrected chi connectivity index (χ3v) is 6.34. The van der Waals surface area contributed by atoms with E-state index in [1.807, 2.05) is 37.5 Å². The van der Waals surface area contributed by atoms with Gasteiger partial charge in [-0.15, -0.1) is 0 Å². The second-order valence-electron chi connectivity index (χ2n) is 8.22. The number of likely N-dealkylation sites (tertiary alicyclic amines) is 1. The Morgan fingerprint density at radius 1 is 1.06 bits per heavy atom. The molecule has 2 aliphatic rings. The van der Waals surface area contributed by atoms with Gasteiger partial charge in [0.25, 0.3) is 0 Å². The summed E-state index contributed by atoms with van der Waals surface area (Å²) in [6.45, 7) is 0.618. The summed E-state index contributed by atoms with van der Waals surface area (Å²) in [6.07, 6.45) is 2.97. The minimum Gasteiger partial charge on any atom is -0.481 e. The lowest BCUT2D eigenvalue weighted by molar-refractivity contribution is -0.141. The van der Waals surface area contributed by atoms with Crippen molar-refractivity contribution in [3.05, 3.63) is 77.9 Å². The van der Waals surface area contributed by atoms with Crippen LogP contribution in [0, 0.1) is 5.92 Å². The highest BCUT2D eigenvalue weighted by molar-refractivity contribution is 5.79. The van der Waals surface area contributed by atoms with E-state index in [1.54, 1.807) is 10.9 Å². The van der Waals surface area contributed by atoms with Gasteiger partial charge in [0.15, 0.2) is 0 Å². The van der Waals surface area contributed by atoms with Crippen LogP contribution < -0.4 is 0 Å². The molecule has 1 saturated heterocycles. The molecule has 31 heavy (non-hydrogen) atoms. The fraction of sp³-hybridized carbons (Fsp3) is 0.292. The number of hydrogen-bond acceptors (Lipinski definition) is 4. The summed E-state index contributed by atoms with van der Waals surface area (Å²) in [7, 11) is 1.84. The van der Waals surface area contributed by atoms with Crippen LogP contribution in [0.25, 0.3) is 11.1 Å². The maximum atomic E-state index is 12.9. The summed E-state index contributed by atoms with van der Waals surface area (Å²) in [6, 6.07) is 16.3. The zero-order valence-electron chi connectivity index (χ0n) is 17.1. The van der Waals surface area contributed by atoms with Crippen LogP contribution in [0.2, 0.25) is 0 Å². The molecule has 2 heterocycles. The number of nitrogens with zero attached hydrogens (tertiary/aromatic N) is 3. The lowest BCUT2D eigenvalue weighted by atomic mass is 9.94. The van der Waals surface area contributed by atoms with Gasteiger partial charge in [0.1, 0.15) is 6.61 Å². The zero-order chi connectivity index (χ0) is 21.5. The molecule has 0 spiro atoms. The number of aryl methyl sites for hydroxylation is 1. The lowest BCUT2D eigenvalue weighted by Gasteiger charge is -2.19. The number of carbonyl (C=O) groups is 2. The molecule has 0 saturated carbocycles. The van der Waals surface area contributed by atoms with E-state index in [-0.39, 0.29) is 31.5 Å². The maximum Gasteiger partial charge on any atom is 0.409 e. The van der Waals surface area contributed by atoms with E-state index in [0.29, 0.717) is 5.69 Å². The predicted octanol–water partition coefficient (Wildman–Crippen LogP) is 3.47. The first kappa shape index (κ1) is 19.4. The fourth-order valence-electron chi connectivity index (χ4n) is 4.81. The van der Waals surface area contributed by atoms with E-state index >= 15 is 0 Å². The van der Waals surface area contributed by atoms with Crippen LogP contribution in [0.15, 0.2) is 61.1 Å². The van der Waals surface area contributed by atoms with Crippen LogP contribution in [0.5, 0.6) is 0 Å². The second kappa shape index (κ2) is 7.58. The van der Waals surface area contributed by atoms with E-state index in [2.05, 4.69) is 29.2 Å². The Labute approximate surface area is 179 Å². The summed E-state index contributed by atoms with van der Waals surface area (Å²) < 4.78 is 7.49. The number of rotatable bonds is 4. The molecule has 3 aromatic rings. The van der Waals surface area contributed by atoms with Crippen LogP contribution in [0.3, 0.4) is 0 Å². The van der Waals surface area contributed by atoms with Crippen molar-refractivity contribution in [3.63, 3.8) is 0 Å². The SMILES string of the molecule is Cn1cnc([C@@H]2CN(C(=O)OCC3c4ccccc4-c4ccccc43)C[C@H]2C(=O)O)c1. The number of ether oxygens (including phenoxy) is 1. The van der Waals surface area contributed by atoms with E-state index in [9.17, 15) is 14.7 Å². The molecule has 1 fully saturated rings. The van der Waals surface area contributed by atoms with Crippen LogP contribution in [0.4, 0.5) is 4.79 Å². The number of benzene rings is 2. The molecule has 1 N–H and O–H groups in total. The largest absolute Gasteiger partial charge is 0.481 e. The van der Waals surface area contributed by atoms with Crippen molar-refractivity contribution in [2.24, 2.45) is 13.0 Å². The number of aromatic nitrogens is 2. The molecule has 1 aliphatic heterocycles. The minimum absolute atomic E-state index is 0.0270. The molecule has 7 nitrogen and oxygen atoms in total. The molecular weight excluding hydrogens is 394 g/mol. The first-order valence-electron chi connectivity index (χ1n) is 10.3. The normalized spacial score (nSPS) is 19.8. The van der Waals surface area contributed by atoms with Gasteiger partial charge >= 0.3 is 12.1 Å². The Balaban J connectivity index is 1.32. The van der Waals surface area contributed by atoms with Gasteiger partial charge in [-0.3, -0.25) is 4.79 Å². The summed E-state index contributed by atoms with van der Waals surface area (Å²) in [4.78, 5) is 30.4. The van der Waals surface area contributed by atoms with Crippen molar-refractivity contribution in [1.82, 2.24) is 14.5 Å². The first-order chi connectivity index (χ1) is 15.0. The van der Waals surface area contributed by atoms with Crippen LogP contribution >= 0.6 is 0 Å². The molecule has 2 aromatic carbocycles. The Morgan fingerprint density at radius 2 is 1.71 bits per heavy atom. The molecule has 1 aliphatic carbocycles. The quantitative estimate of drug-likeness (QED) is 0.703. The number of carbonyl (C=O) groups excluding carboxylic acids is 1. The average Bonchev–Trinajstić information content (AvgIpc) is 3.47. The van der Waals surface area contributed by atoms with Gasteiger partial charge in [0.05, 0.1) is 17.9 Å². The van der Waals surface area contributed by atoms with Gasteiger partial charge in [-0.1, -0.05) is 48.5 Å². The summed E-state index contributed by atoms with van der Waals surface area (Å²) in [5.41, 5.74) is 5.31. The van der Waals surface area contributed by atoms with Crippen molar-refractivity contribution in [2.45, 2.75) is 11.8 Å². The summed E-state index contributed by atoms with van der Waals surface area (Å²) in [5, 5.41) is 9.66. The van der Waals surface area contributed by atoms with Crippen LogP contribution in [0.1, 0.15) is 28.7 Å². The highest BCUT2D eigenvalue weighted by Crippen LogP contribution is 2.44. The molecule has 158 valence electrons. The molecule has 7 heteroatoms. The highest BCUT2D eigenvalue weighted by atomic mass is 16.6. The van der Waals surface area contributed by atoms with Gasteiger partial charge < -0.3 is 19.3 Å². The lowest BCUT2D eigenvalue weighted by Crippen LogP contribution is -2.31. The minimum atomic E-state index is -0.926. The third kappa shape index (κ3) is 3.36. The molecule has 0 bridgehead atoms. The number of carboxylic acid groups (broad SMARTS) is 1. The van der Waals surface area contributed by atoms with Crippen LogP contribution in [-0.4, -0.2) is 51.3 Å². The van der Waals surface area contributed by atoms with Crippen molar-refractivity contribution in [3.8, 4) is 11.1 Å². The summed E-state index contributed by atoms with van der Waals surface area (Å²) >= 11 is 0. The van der Waals surface area contributed by atoms with Crippen molar-refractivity contribution >= 4 is 12.1 Å². The van der Waals surface area contributed by atoms with E-state index < -0.39 is 18.0 Å². The van der Waals surface area contributed by atoms with E-state index in [4.69, 9.17) is 4.74 Å². The number of fused-ring (bicyclic) bond motifs is 3. The van der Waals surface area contributed by atoms with Gasteiger partial charge in [0, 0.05) is 38.2 Å². The topological polar surface area (TPSA) is 84.7 Å². The molecule has 0 unspecified atom stereocenters. The van der Waals surface area contributed by atoms with Gasteiger partial charge in [-0.2, -0.15) is 0 Å². The Morgan fingerprint density at radius 3 is 2.29 bits per heavy atom. The molecule has 1 aromatic heterocycles. The van der Waals surface area contributed by atoms with E-state index in [1.165, 1.54) is 16.0 Å². The molecule has 1 amide bonds. The molecule has 0 radical (unpaired) electrons. The van der Waals surface area contributed by atoms with Crippen molar-refractivity contribution in [2.75, 3.05) is 19.7 Å². The van der Waals surface area contributed by atoms with Gasteiger partial charge in [0.2, 0.25) is 0 Å². The van der Waals surface area contributed by atoms with E-state index in [0.717, 1.165) is 11.1 Å². The molecular formula is C24H23N3O4. The van der Waals surface area contributed by atoms with Crippen molar-refractivity contribution in [1.29, 1.82) is 0 Å². The monoisotopic (exact) mass is 417 g/mol. The van der Waals surface area contributed by atoms with Gasteiger partial charge in [-0.25, -0.2) is 9.78 Å². The number of amides is 1. The number of aliphatic carboxylic acids is 1. The fourth-order valence-corrected chi connectivity index (χ4v) is 4.81. The maximum absolute atomic E-state index is 12.9. The number of imidazole rings is 1. The zero-order valence-corrected chi connectivity index (χ0v) is 17.1. The highest BCUT2D eigenvalue weighted by Gasteiger charge is 2.42. The Bertz CT molecular complexity index is 1110. The predicted molar refractivity (Wildman–Crippen MR) is 114 cm³/mol. The third-order valence-electron chi connectivity index (χ3n) is 6.34. The van der Waals surface area contributed by atoms with Crippen LogP contribution in [-0.2, 0) is 16.6 Å². The average molecular weight is 417 g/mol. The molecule has 5 rings (SSSR count). The van der Waals surface area contributed by atoms with Crippen molar-refractivity contribution < 1.29 is 19.4 Å². The Kier molecular flexibility index (Phi) is 4.73. The number of hydrogen-bond donors (Lipinski definition) is 1. The smallest absolute Gasteiger partial charge is 0.409 e. The second-order valence-corrected chi connectivity index (χ2v) is 8.22. The van der Waals surface area contributed by atoms with Gasteiger partial charge in [-0.05, 0) is 22.3 Å². The molecule has 2 atom stereocenters. The first-order valence-corrected chi connectivity index (χ1v) is 10.3. The standard InChI is InChI=1S/C24H23N3O4/c1-26-12-22(25-14-26)19-10-27(11-20(19)23(28)29)24(30)31-13-21-17-8-4-2-6-15(17)16-7-3-5-9-18(16)21/h2-9,12,14,19-21H,10-11,13H2,1H3,(H,28,29)/t19-,20-/m1/s1.